The van der Waals surface area contributed by atoms with Crippen molar-refractivity contribution in [3.05, 3.63) is 23.2 Å². The highest BCUT2D eigenvalue weighted by molar-refractivity contribution is 7.91. The molecule has 1 N–H and O–H groups in total. The molecule has 4 nitrogen and oxygen atoms in total. The number of anilines is 1. The molecule has 0 saturated carbocycles. The number of amides is 1. The van der Waals surface area contributed by atoms with Gasteiger partial charge < -0.3 is 5.32 Å². The summed E-state index contributed by atoms with van der Waals surface area (Å²) >= 11 is 5.82. The molecule has 6 heteroatoms. The first kappa shape index (κ1) is 10.4. The largest absolute Gasteiger partial charge is 0.325 e. The van der Waals surface area contributed by atoms with Gasteiger partial charge in [-0.25, -0.2) is 8.42 Å². The van der Waals surface area contributed by atoms with E-state index in [2.05, 4.69) is 5.32 Å². The standard InChI is InChI=1S/C9H8ClNO3S/c10-6-2-1-3-7-9(6)15(13,14)5-4-8(12)11-7/h1-3H,4-5H2,(H,11,12). The molecule has 0 aromatic heterocycles. The van der Waals surface area contributed by atoms with Crippen molar-refractivity contribution >= 4 is 33.0 Å². The topological polar surface area (TPSA) is 63.2 Å². The molecule has 0 bridgehead atoms. The Bertz CT molecular complexity index is 524. The number of rotatable bonds is 0. The van der Waals surface area contributed by atoms with Crippen LogP contribution in [-0.4, -0.2) is 20.1 Å². The van der Waals surface area contributed by atoms with Crippen LogP contribution in [0.1, 0.15) is 6.42 Å². The smallest absolute Gasteiger partial charge is 0.225 e. The molecule has 0 atom stereocenters. The van der Waals surface area contributed by atoms with E-state index in [0.29, 0.717) is 0 Å². The van der Waals surface area contributed by atoms with Crippen LogP contribution in [0.4, 0.5) is 5.69 Å². The van der Waals surface area contributed by atoms with E-state index >= 15 is 0 Å². The van der Waals surface area contributed by atoms with E-state index in [-0.39, 0.29) is 33.7 Å². The van der Waals surface area contributed by atoms with Gasteiger partial charge in [0.25, 0.3) is 0 Å². The Morgan fingerprint density at radius 1 is 1.33 bits per heavy atom. The van der Waals surface area contributed by atoms with E-state index in [0.717, 1.165) is 0 Å². The predicted octanol–water partition coefficient (Wildman–Crippen LogP) is 1.46. The third-order valence-corrected chi connectivity index (χ3v) is 4.38. The third-order valence-electron chi connectivity index (χ3n) is 2.15. The molecular weight excluding hydrogens is 238 g/mol. The van der Waals surface area contributed by atoms with Crippen molar-refractivity contribution in [2.45, 2.75) is 11.3 Å². The number of halogens is 1. The van der Waals surface area contributed by atoms with Crippen LogP contribution in [0.3, 0.4) is 0 Å². The predicted molar refractivity (Wildman–Crippen MR) is 56.8 cm³/mol. The summed E-state index contributed by atoms with van der Waals surface area (Å²) in [6.07, 6.45) is -0.0344. The second-order valence-corrected chi connectivity index (χ2v) is 5.69. The highest BCUT2D eigenvalue weighted by Crippen LogP contribution is 2.32. The first-order chi connectivity index (χ1) is 7.00. The third kappa shape index (κ3) is 1.85. The lowest BCUT2D eigenvalue weighted by atomic mass is 10.3. The zero-order valence-corrected chi connectivity index (χ0v) is 9.23. The van der Waals surface area contributed by atoms with Gasteiger partial charge in [0, 0.05) is 6.42 Å². The van der Waals surface area contributed by atoms with Crippen molar-refractivity contribution in [3.8, 4) is 0 Å². The first-order valence-electron chi connectivity index (χ1n) is 4.32. The van der Waals surface area contributed by atoms with Crippen LogP contribution in [0.25, 0.3) is 0 Å². The van der Waals surface area contributed by atoms with Crippen LogP contribution in [-0.2, 0) is 14.6 Å². The molecule has 1 aliphatic heterocycles. The van der Waals surface area contributed by atoms with E-state index in [9.17, 15) is 13.2 Å². The van der Waals surface area contributed by atoms with Gasteiger partial charge in [0.05, 0.1) is 16.5 Å². The monoisotopic (exact) mass is 245 g/mol. The van der Waals surface area contributed by atoms with Crippen molar-refractivity contribution in [1.29, 1.82) is 0 Å². The maximum atomic E-state index is 11.8. The maximum absolute atomic E-state index is 11.8. The van der Waals surface area contributed by atoms with Gasteiger partial charge in [-0.05, 0) is 12.1 Å². The fourth-order valence-corrected chi connectivity index (χ4v) is 3.47. The Morgan fingerprint density at radius 3 is 2.80 bits per heavy atom. The van der Waals surface area contributed by atoms with Crippen LogP contribution >= 0.6 is 11.6 Å². The van der Waals surface area contributed by atoms with E-state index in [1.165, 1.54) is 12.1 Å². The molecule has 0 fully saturated rings. The molecule has 15 heavy (non-hydrogen) atoms. The van der Waals surface area contributed by atoms with Gasteiger partial charge >= 0.3 is 0 Å². The molecule has 1 aromatic rings. The molecule has 1 amide bonds. The van der Waals surface area contributed by atoms with Crippen LogP contribution in [0.15, 0.2) is 23.1 Å². The van der Waals surface area contributed by atoms with E-state index in [1.807, 2.05) is 0 Å². The highest BCUT2D eigenvalue weighted by Gasteiger charge is 2.27. The van der Waals surface area contributed by atoms with Crippen molar-refractivity contribution in [2.75, 3.05) is 11.1 Å². The first-order valence-corrected chi connectivity index (χ1v) is 6.35. The van der Waals surface area contributed by atoms with Crippen LogP contribution in [0.5, 0.6) is 0 Å². The Hall–Kier alpha value is -1.07. The lowest BCUT2D eigenvalue weighted by molar-refractivity contribution is -0.115. The maximum Gasteiger partial charge on any atom is 0.225 e. The molecule has 0 saturated heterocycles. The second kappa shape index (κ2) is 3.50. The Labute approximate surface area is 92.2 Å². The molecule has 2 rings (SSSR count). The number of nitrogens with one attached hydrogen (secondary N) is 1. The summed E-state index contributed by atoms with van der Waals surface area (Å²) in [5.74, 6) is -0.505. The van der Waals surface area contributed by atoms with Gasteiger partial charge in [-0.2, -0.15) is 0 Å². The molecule has 80 valence electrons. The zero-order valence-electron chi connectivity index (χ0n) is 7.66. The Morgan fingerprint density at radius 2 is 2.07 bits per heavy atom. The molecule has 1 aliphatic rings. The average molecular weight is 246 g/mol. The molecule has 0 unspecified atom stereocenters. The quantitative estimate of drug-likeness (QED) is 0.753. The van der Waals surface area contributed by atoms with Gasteiger partial charge in [-0.15, -0.1) is 0 Å². The Balaban J connectivity index is 2.72. The average Bonchev–Trinajstić information content (AvgIpc) is 2.25. The Kier molecular flexibility index (Phi) is 2.44. The summed E-state index contributed by atoms with van der Waals surface area (Å²) in [6.45, 7) is 0. The molecule has 0 spiro atoms. The highest BCUT2D eigenvalue weighted by atomic mass is 35.5. The van der Waals surface area contributed by atoms with E-state index in [1.54, 1.807) is 6.07 Å². The molecule has 1 aromatic carbocycles. The minimum atomic E-state index is -3.46. The normalized spacial score (nSPS) is 18.9. The van der Waals surface area contributed by atoms with Gasteiger partial charge in [0.15, 0.2) is 9.84 Å². The number of hydrogen-bond donors (Lipinski definition) is 1. The van der Waals surface area contributed by atoms with Gasteiger partial charge in [0.1, 0.15) is 4.90 Å². The molecule has 0 radical (unpaired) electrons. The summed E-state index contributed by atoms with van der Waals surface area (Å²) in [5, 5.41) is 2.66. The molecular formula is C9H8ClNO3S. The fourth-order valence-electron chi connectivity index (χ4n) is 1.47. The minimum Gasteiger partial charge on any atom is -0.325 e. The number of hydrogen-bond acceptors (Lipinski definition) is 3. The van der Waals surface area contributed by atoms with Gasteiger partial charge in [-0.3, -0.25) is 4.79 Å². The van der Waals surface area contributed by atoms with Gasteiger partial charge in [-0.1, -0.05) is 17.7 Å². The number of fused-ring (bicyclic) bond motifs is 1. The SMILES string of the molecule is O=C1CCS(=O)(=O)c2c(Cl)cccc2N1. The summed E-state index contributed by atoms with van der Waals surface area (Å²) < 4.78 is 23.6. The van der Waals surface area contributed by atoms with Gasteiger partial charge in [0.2, 0.25) is 5.91 Å². The van der Waals surface area contributed by atoms with Crippen molar-refractivity contribution in [3.63, 3.8) is 0 Å². The van der Waals surface area contributed by atoms with Crippen LogP contribution in [0.2, 0.25) is 5.02 Å². The van der Waals surface area contributed by atoms with E-state index in [4.69, 9.17) is 11.6 Å². The zero-order chi connectivity index (χ0) is 11.1. The lowest BCUT2D eigenvalue weighted by Gasteiger charge is -2.07. The van der Waals surface area contributed by atoms with Crippen LogP contribution in [0, 0.1) is 0 Å². The second-order valence-electron chi connectivity index (χ2n) is 3.23. The molecule has 1 heterocycles. The summed E-state index contributed by atoms with van der Waals surface area (Å²) in [4.78, 5) is 11.3. The van der Waals surface area contributed by atoms with Crippen LogP contribution < -0.4 is 5.32 Å². The summed E-state index contributed by atoms with van der Waals surface area (Å²) in [7, 11) is -3.46. The number of benzene rings is 1. The summed E-state index contributed by atoms with van der Waals surface area (Å²) in [5.41, 5.74) is 0.269. The van der Waals surface area contributed by atoms with E-state index < -0.39 is 9.84 Å². The number of carbonyl (C=O) groups excluding carboxylic acids is 1. The minimum absolute atomic E-state index is 0.0255. The summed E-state index contributed by atoms with van der Waals surface area (Å²) in [6, 6.07) is 4.62. The van der Waals surface area contributed by atoms with Crippen molar-refractivity contribution < 1.29 is 13.2 Å². The van der Waals surface area contributed by atoms with Crippen molar-refractivity contribution in [1.82, 2.24) is 0 Å². The fraction of sp³-hybridized carbons (Fsp3) is 0.222. The van der Waals surface area contributed by atoms with Crippen molar-refractivity contribution in [2.24, 2.45) is 0 Å². The molecule has 0 aliphatic carbocycles. The lowest BCUT2D eigenvalue weighted by Crippen LogP contribution is -2.10. The number of sulfone groups is 1. The number of carbonyl (C=O) groups is 1.